The number of nitrogens with one attached hydrogen (secondary N) is 2. The van der Waals surface area contributed by atoms with Crippen LogP contribution in [0.4, 0.5) is 0 Å². The van der Waals surface area contributed by atoms with Gasteiger partial charge in [0.25, 0.3) is 0 Å². The van der Waals surface area contributed by atoms with Crippen LogP contribution in [-0.2, 0) is 22.6 Å². The highest BCUT2D eigenvalue weighted by atomic mass is 16.5. The third kappa shape index (κ3) is 6.44. The lowest BCUT2D eigenvalue weighted by Crippen LogP contribution is -2.56. The molecule has 0 aliphatic carbocycles. The van der Waals surface area contributed by atoms with Crippen LogP contribution in [0.25, 0.3) is 0 Å². The number of nitrogens with zero attached hydrogens (tertiary/aromatic N) is 3. The molecule has 166 valence electrons. The first-order valence-electron chi connectivity index (χ1n) is 11.2. The lowest BCUT2D eigenvalue weighted by atomic mass is 10.0. The highest BCUT2D eigenvalue weighted by Gasteiger charge is 2.28. The Hall–Kier alpha value is -2.12. The standard InChI is InChI=1S/C23H37N5O2/c1-4-24-22(26-18-23(2,3)28-12-14-30-15-13-28)25-16-19-7-9-20(10-8-19)17-27-11-5-6-21(27)29/h7-10H,4-6,11-18H2,1-3H3,(H2,24,25,26). The molecule has 2 fully saturated rings. The van der Waals surface area contributed by atoms with Crippen molar-refractivity contribution in [2.45, 2.75) is 52.2 Å². The van der Waals surface area contributed by atoms with Crippen LogP contribution < -0.4 is 10.6 Å². The lowest BCUT2D eigenvalue weighted by Gasteiger charge is -2.41. The third-order valence-corrected chi connectivity index (χ3v) is 5.89. The molecule has 2 heterocycles. The first kappa shape index (κ1) is 22.6. The zero-order valence-electron chi connectivity index (χ0n) is 18.7. The molecule has 0 bridgehead atoms. The Morgan fingerprint density at radius 3 is 2.43 bits per heavy atom. The molecule has 2 aliphatic heterocycles. The van der Waals surface area contributed by atoms with Crippen LogP contribution in [0.2, 0.25) is 0 Å². The number of likely N-dealkylation sites (tertiary alicyclic amines) is 1. The van der Waals surface area contributed by atoms with Crippen molar-refractivity contribution in [1.82, 2.24) is 20.4 Å². The van der Waals surface area contributed by atoms with Crippen LogP contribution in [0.5, 0.6) is 0 Å². The Labute approximate surface area is 180 Å². The summed E-state index contributed by atoms with van der Waals surface area (Å²) in [6.45, 7) is 14.0. The summed E-state index contributed by atoms with van der Waals surface area (Å²) in [5, 5.41) is 6.85. The molecule has 0 unspecified atom stereocenters. The minimum absolute atomic E-state index is 0.0363. The van der Waals surface area contributed by atoms with Crippen LogP contribution in [0.15, 0.2) is 29.3 Å². The Morgan fingerprint density at radius 2 is 1.80 bits per heavy atom. The smallest absolute Gasteiger partial charge is 0.222 e. The second-order valence-electron chi connectivity index (χ2n) is 8.70. The van der Waals surface area contributed by atoms with E-state index in [0.717, 1.165) is 63.9 Å². The van der Waals surface area contributed by atoms with Crippen molar-refractivity contribution < 1.29 is 9.53 Å². The van der Waals surface area contributed by atoms with Gasteiger partial charge in [0.2, 0.25) is 5.91 Å². The molecule has 7 heteroatoms. The first-order valence-corrected chi connectivity index (χ1v) is 11.2. The van der Waals surface area contributed by atoms with Crippen molar-refractivity contribution in [2.75, 3.05) is 45.9 Å². The summed E-state index contributed by atoms with van der Waals surface area (Å²) in [6, 6.07) is 8.44. The van der Waals surface area contributed by atoms with Gasteiger partial charge >= 0.3 is 0 Å². The topological polar surface area (TPSA) is 69.2 Å². The summed E-state index contributed by atoms with van der Waals surface area (Å²) >= 11 is 0. The summed E-state index contributed by atoms with van der Waals surface area (Å²) in [4.78, 5) is 21.0. The SMILES string of the molecule is CCNC(=NCc1ccc(CN2CCCC2=O)cc1)NCC(C)(C)N1CCOCC1. The van der Waals surface area contributed by atoms with Crippen molar-refractivity contribution >= 4 is 11.9 Å². The molecule has 1 aromatic rings. The van der Waals surface area contributed by atoms with E-state index in [0.29, 0.717) is 19.5 Å². The Kier molecular flexibility index (Phi) is 8.10. The van der Waals surface area contributed by atoms with Crippen LogP contribution in [0.3, 0.4) is 0 Å². The number of ether oxygens (including phenoxy) is 1. The van der Waals surface area contributed by atoms with Gasteiger partial charge in [-0.1, -0.05) is 24.3 Å². The zero-order valence-corrected chi connectivity index (χ0v) is 18.7. The van der Waals surface area contributed by atoms with Crippen molar-refractivity contribution in [1.29, 1.82) is 0 Å². The van der Waals surface area contributed by atoms with E-state index in [-0.39, 0.29) is 11.4 Å². The molecule has 0 aromatic heterocycles. The summed E-state index contributed by atoms with van der Waals surface area (Å²) in [5.74, 6) is 1.11. The van der Waals surface area contributed by atoms with Crippen molar-refractivity contribution in [2.24, 2.45) is 4.99 Å². The van der Waals surface area contributed by atoms with Gasteiger partial charge in [-0.3, -0.25) is 9.69 Å². The number of hydrogen-bond donors (Lipinski definition) is 2. The molecule has 0 radical (unpaired) electrons. The van der Waals surface area contributed by atoms with Crippen molar-refractivity contribution in [3.8, 4) is 0 Å². The number of hydrogen-bond acceptors (Lipinski definition) is 4. The monoisotopic (exact) mass is 415 g/mol. The fourth-order valence-corrected chi connectivity index (χ4v) is 3.93. The van der Waals surface area contributed by atoms with Crippen LogP contribution in [0, 0.1) is 0 Å². The molecule has 2 saturated heterocycles. The van der Waals surface area contributed by atoms with Gasteiger partial charge in [-0.05, 0) is 38.3 Å². The normalized spacial score (nSPS) is 18.7. The number of aliphatic imine (C=N–C) groups is 1. The predicted molar refractivity (Wildman–Crippen MR) is 120 cm³/mol. The number of amides is 1. The molecule has 7 nitrogen and oxygen atoms in total. The molecule has 1 aromatic carbocycles. The largest absolute Gasteiger partial charge is 0.379 e. The second kappa shape index (κ2) is 10.8. The minimum Gasteiger partial charge on any atom is -0.379 e. The highest BCUT2D eigenvalue weighted by Crippen LogP contribution is 2.16. The first-order chi connectivity index (χ1) is 14.5. The van der Waals surface area contributed by atoms with E-state index in [1.807, 2.05) is 4.90 Å². The average molecular weight is 416 g/mol. The quantitative estimate of drug-likeness (QED) is 0.502. The Morgan fingerprint density at radius 1 is 1.10 bits per heavy atom. The molecule has 3 rings (SSSR count). The van der Waals surface area contributed by atoms with Gasteiger partial charge in [0.1, 0.15) is 0 Å². The highest BCUT2D eigenvalue weighted by molar-refractivity contribution is 5.79. The lowest BCUT2D eigenvalue weighted by molar-refractivity contribution is -0.128. The van der Waals surface area contributed by atoms with Crippen molar-refractivity contribution in [3.63, 3.8) is 0 Å². The second-order valence-corrected chi connectivity index (χ2v) is 8.70. The number of guanidine groups is 1. The van der Waals surface area contributed by atoms with E-state index in [4.69, 9.17) is 9.73 Å². The van der Waals surface area contributed by atoms with E-state index in [2.05, 4.69) is 60.6 Å². The third-order valence-electron chi connectivity index (χ3n) is 5.89. The molecular weight excluding hydrogens is 378 g/mol. The summed E-state index contributed by atoms with van der Waals surface area (Å²) < 4.78 is 5.48. The van der Waals surface area contributed by atoms with E-state index in [1.165, 1.54) is 5.56 Å². The average Bonchev–Trinajstić information content (AvgIpc) is 3.16. The molecule has 0 saturated carbocycles. The fourth-order valence-electron chi connectivity index (χ4n) is 3.93. The number of benzene rings is 1. The van der Waals surface area contributed by atoms with E-state index >= 15 is 0 Å². The maximum atomic E-state index is 11.8. The predicted octanol–water partition coefficient (Wildman–Crippen LogP) is 1.97. The summed E-state index contributed by atoms with van der Waals surface area (Å²) in [7, 11) is 0. The Bertz CT molecular complexity index is 711. The van der Waals surface area contributed by atoms with Crippen LogP contribution in [-0.4, -0.2) is 73.1 Å². The van der Waals surface area contributed by atoms with Gasteiger partial charge in [0.15, 0.2) is 5.96 Å². The summed E-state index contributed by atoms with van der Waals surface area (Å²) in [5.41, 5.74) is 2.38. The molecule has 2 aliphatic rings. The minimum atomic E-state index is 0.0363. The molecule has 2 N–H and O–H groups in total. The number of morpholine rings is 1. The van der Waals surface area contributed by atoms with Gasteiger partial charge < -0.3 is 20.3 Å². The zero-order chi connectivity index (χ0) is 21.4. The molecule has 0 atom stereocenters. The number of carbonyl (C=O) groups excluding carboxylic acids is 1. The van der Waals surface area contributed by atoms with Crippen molar-refractivity contribution in [3.05, 3.63) is 35.4 Å². The van der Waals surface area contributed by atoms with Gasteiger partial charge in [-0.25, -0.2) is 4.99 Å². The van der Waals surface area contributed by atoms with Gasteiger partial charge in [0, 0.05) is 51.2 Å². The van der Waals surface area contributed by atoms with E-state index in [1.54, 1.807) is 0 Å². The van der Waals surface area contributed by atoms with Crippen LogP contribution >= 0.6 is 0 Å². The maximum Gasteiger partial charge on any atom is 0.222 e. The summed E-state index contributed by atoms with van der Waals surface area (Å²) in [6.07, 6.45) is 1.67. The van der Waals surface area contributed by atoms with Gasteiger partial charge in [-0.2, -0.15) is 0 Å². The number of rotatable bonds is 8. The van der Waals surface area contributed by atoms with Gasteiger partial charge in [-0.15, -0.1) is 0 Å². The molecule has 1 amide bonds. The van der Waals surface area contributed by atoms with Gasteiger partial charge in [0.05, 0.1) is 19.8 Å². The number of carbonyl (C=O) groups is 1. The van der Waals surface area contributed by atoms with E-state index < -0.39 is 0 Å². The molecular formula is C23H37N5O2. The molecule has 30 heavy (non-hydrogen) atoms. The molecule has 0 spiro atoms. The van der Waals surface area contributed by atoms with E-state index in [9.17, 15) is 4.79 Å². The fraction of sp³-hybridized carbons (Fsp3) is 0.652. The van der Waals surface area contributed by atoms with Crippen LogP contribution in [0.1, 0.15) is 44.7 Å². The Balaban J connectivity index is 1.52. The maximum absolute atomic E-state index is 11.8.